The first-order chi connectivity index (χ1) is 8.88. The molecule has 14 heteroatoms. The molecule has 0 saturated carbocycles. The van der Waals surface area contributed by atoms with Crippen LogP contribution in [0.5, 0.6) is 0 Å². The fraction of sp³-hybridized carbons (Fsp3) is 1.00. The third-order valence-corrected chi connectivity index (χ3v) is 5.88. The highest BCUT2D eigenvalue weighted by Gasteiger charge is 2.65. The Kier molecular flexibility index (Phi) is 5.15. The summed E-state index contributed by atoms with van der Waals surface area (Å²) in [6.07, 6.45) is -9.12. The van der Waals surface area contributed by atoms with Crippen LogP contribution in [-0.4, -0.2) is 76.8 Å². The fourth-order valence-electron chi connectivity index (χ4n) is 1.64. The maximum atomic E-state index is 11.8. The first-order valence-corrected chi connectivity index (χ1v) is 8.09. The average molecular weight is 340 g/mol. The quantitative estimate of drug-likeness (QED) is 0.233. The zero-order valence-corrected chi connectivity index (χ0v) is 11.4. The first kappa shape index (κ1) is 18.1. The van der Waals surface area contributed by atoms with Crippen LogP contribution in [0, 0.1) is 0 Å². The molecule has 1 fully saturated rings. The van der Waals surface area contributed by atoms with Crippen molar-refractivity contribution in [3.05, 3.63) is 0 Å². The Labute approximate surface area is 111 Å². The van der Waals surface area contributed by atoms with Crippen LogP contribution in [0.25, 0.3) is 0 Å². The molecule has 12 nitrogen and oxygen atoms in total. The van der Waals surface area contributed by atoms with Gasteiger partial charge in [-0.2, -0.15) is 0 Å². The van der Waals surface area contributed by atoms with Gasteiger partial charge in [0, 0.05) is 0 Å². The van der Waals surface area contributed by atoms with Gasteiger partial charge in [0.15, 0.2) is 6.29 Å². The molecule has 0 aromatic rings. The SMILES string of the molecule is O=P(O)(O)OP(=O)(O)[C@]1(CO)O[C@H](O)[C@@H](O)[C@@H](O)[C@@H]1O. The molecule has 8 N–H and O–H groups in total. The van der Waals surface area contributed by atoms with Gasteiger partial charge < -0.3 is 44.9 Å². The van der Waals surface area contributed by atoms with Gasteiger partial charge in [0.25, 0.3) is 0 Å². The molecule has 0 aromatic heterocycles. The lowest BCUT2D eigenvalue weighted by Gasteiger charge is -2.46. The second-order valence-corrected chi connectivity index (χ2v) is 7.46. The summed E-state index contributed by atoms with van der Waals surface area (Å²) in [6, 6.07) is 0. The summed E-state index contributed by atoms with van der Waals surface area (Å²) in [6.45, 7) is -1.55. The molecule has 1 heterocycles. The maximum Gasteiger partial charge on any atom is 0.476 e. The second-order valence-electron chi connectivity index (χ2n) is 4.03. The maximum absolute atomic E-state index is 11.8. The molecular formula is C6H14O12P2. The number of ether oxygens (including phenoxy) is 1. The summed E-state index contributed by atoms with van der Waals surface area (Å²) in [5.74, 6) is 0. The molecule has 0 aliphatic carbocycles. The molecule has 0 spiro atoms. The number of rotatable bonds is 4. The zero-order chi connectivity index (χ0) is 15.9. The normalized spacial score (nSPS) is 42.2. The van der Waals surface area contributed by atoms with E-state index in [1.54, 1.807) is 0 Å². The third kappa shape index (κ3) is 3.12. The van der Waals surface area contributed by atoms with E-state index in [1.165, 1.54) is 0 Å². The van der Waals surface area contributed by atoms with Crippen molar-refractivity contribution in [3.63, 3.8) is 0 Å². The van der Waals surface area contributed by atoms with Gasteiger partial charge in [0.05, 0.1) is 6.61 Å². The Bertz CT molecular complexity index is 447. The lowest BCUT2D eigenvalue weighted by atomic mass is 9.99. The molecule has 1 unspecified atom stereocenters. The van der Waals surface area contributed by atoms with Crippen molar-refractivity contribution >= 4 is 15.4 Å². The number of aliphatic hydroxyl groups excluding tert-OH is 5. The largest absolute Gasteiger partial charge is 0.476 e. The second kappa shape index (κ2) is 5.69. The van der Waals surface area contributed by atoms with E-state index in [9.17, 15) is 34.4 Å². The van der Waals surface area contributed by atoms with Crippen molar-refractivity contribution in [3.8, 4) is 0 Å². The van der Waals surface area contributed by atoms with Crippen LogP contribution in [0.3, 0.4) is 0 Å². The molecule has 1 saturated heterocycles. The smallest absolute Gasteiger partial charge is 0.393 e. The first-order valence-electron chi connectivity index (χ1n) is 4.98. The average Bonchev–Trinajstić information content (AvgIpc) is 2.28. The molecule has 120 valence electrons. The van der Waals surface area contributed by atoms with Gasteiger partial charge in [0.2, 0.25) is 5.34 Å². The summed E-state index contributed by atoms with van der Waals surface area (Å²) >= 11 is 0. The standard InChI is InChI=1S/C6H14O12P2/c7-1-6(19(12,13)18-20(14,15)16)4(10)2(8)3(9)5(11)17-6/h2-5,7-11H,1H2,(H,12,13)(H2,14,15,16)/t2-,3+,4+,5+,6+/m1/s1. The number of hydrogen-bond donors (Lipinski definition) is 8. The molecule has 0 radical (unpaired) electrons. The van der Waals surface area contributed by atoms with Crippen molar-refractivity contribution in [2.45, 2.75) is 29.9 Å². The van der Waals surface area contributed by atoms with Crippen molar-refractivity contribution in [2.75, 3.05) is 6.61 Å². The van der Waals surface area contributed by atoms with E-state index in [4.69, 9.17) is 14.9 Å². The van der Waals surface area contributed by atoms with Crippen LogP contribution in [0.15, 0.2) is 0 Å². The van der Waals surface area contributed by atoms with Crippen LogP contribution >= 0.6 is 15.4 Å². The lowest BCUT2D eigenvalue weighted by Crippen LogP contribution is -2.65. The Hall–Kier alpha value is 0.0600. The summed E-state index contributed by atoms with van der Waals surface area (Å²) in [5, 5.41) is 43.5. The fourth-order valence-corrected chi connectivity index (χ4v) is 4.25. The Morgan fingerprint density at radius 2 is 1.55 bits per heavy atom. The summed E-state index contributed by atoms with van der Waals surface area (Å²) in [5.41, 5.74) is 0. The highest BCUT2D eigenvalue weighted by atomic mass is 31.3. The molecule has 20 heavy (non-hydrogen) atoms. The monoisotopic (exact) mass is 340 g/mol. The van der Waals surface area contributed by atoms with E-state index >= 15 is 0 Å². The van der Waals surface area contributed by atoms with Gasteiger partial charge in [0.1, 0.15) is 18.3 Å². The minimum absolute atomic E-state index is 1.55. The minimum Gasteiger partial charge on any atom is -0.393 e. The van der Waals surface area contributed by atoms with Crippen molar-refractivity contribution in [2.24, 2.45) is 0 Å². The van der Waals surface area contributed by atoms with Gasteiger partial charge in [-0.25, -0.2) is 8.88 Å². The molecule has 1 aliphatic rings. The number of phosphoric acid groups is 1. The van der Waals surface area contributed by atoms with E-state index < -0.39 is 52.0 Å². The Morgan fingerprint density at radius 3 is 1.95 bits per heavy atom. The summed E-state index contributed by atoms with van der Waals surface area (Å²) in [7, 11) is -11.1. The van der Waals surface area contributed by atoms with E-state index in [2.05, 4.69) is 9.05 Å². The molecule has 0 bridgehead atoms. The van der Waals surface area contributed by atoms with Crippen molar-refractivity contribution < 1.29 is 58.4 Å². The van der Waals surface area contributed by atoms with Crippen molar-refractivity contribution in [1.82, 2.24) is 0 Å². The lowest BCUT2D eigenvalue weighted by molar-refractivity contribution is -0.305. The molecule has 1 rings (SSSR count). The zero-order valence-electron chi connectivity index (χ0n) is 9.62. The topological polar surface area (TPSA) is 214 Å². The summed E-state index contributed by atoms with van der Waals surface area (Å²) < 4.78 is 30.4. The van der Waals surface area contributed by atoms with Gasteiger partial charge in [-0.05, 0) is 0 Å². The predicted molar refractivity (Wildman–Crippen MR) is 57.9 cm³/mol. The molecule has 0 amide bonds. The van der Waals surface area contributed by atoms with Gasteiger partial charge >= 0.3 is 15.4 Å². The van der Waals surface area contributed by atoms with Crippen LogP contribution in [-0.2, 0) is 18.2 Å². The molecule has 1 aliphatic heterocycles. The molecule has 0 aromatic carbocycles. The molecular weight excluding hydrogens is 326 g/mol. The van der Waals surface area contributed by atoms with E-state index in [0.29, 0.717) is 0 Å². The van der Waals surface area contributed by atoms with E-state index in [-0.39, 0.29) is 0 Å². The van der Waals surface area contributed by atoms with Crippen LogP contribution in [0.4, 0.5) is 0 Å². The minimum atomic E-state index is -5.59. The highest BCUT2D eigenvalue weighted by molar-refractivity contribution is 7.64. The highest BCUT2D eigenvalue weighted by Crippen LogP contribution is 2.67. The van der Waals surface area contributed by atoms with Gasteiger partial charge in [-0.1, -0.05) is 0 Å². The molecule has 6 atom stereocenters. The summed E-state index contributed by atoms with van der Waals surface area (Å²) in [4.78, 5) is 26.6. The Balaban J connectivity index is 3.26. The Morgan fingerprint density at radius 1 is 1.05 bits per heavy atom. The van der Waals surface area contributed by atoms with E-state index in [0.717, 1.165) is 0 Å². The number of aliphatic hydroxyl groups is 5. The predicted octanol–water partition coefficient (Wildman–Crippen LogP) is -3.60. The van der Waals surface area contributed by atoms with E-state index in [1.807, 2.05) is 0 Å². The van der Waals surface area contributed by atoms with Crippen LogP contribution in [0.1, 0.15) is 0 Å². The van der Waals surface area contributed by atoms with Crippen molar-refractivity contribution in [1.29, 1.82) is 0 Å². The van der Waals surface area contributed by atoms with Gasteiger partial charge in [-0.15, -0.1) is 0 Å². The van der Waals surface area contributed by atoms with Crippen LogP contribution < -0.4 is 0 Å². The van der Waals surface area contributed by atoms with Crippen LogP contribution in [0.2, 0.25) is 0 Å². The third-order valence-electron chi connectivity index (χ3n) is 2.67. The number of hydrogen-bond acceptors (Lipinski definition) is 9. The van der Waals surface area contributed by atoms with Gasteiger partial charge in [-0.3, -0.25) is 4.57 Å².